The van der Waals surface area contributed by atoms with Crippen molar-refractivity contribution in [3.63, 3.8) is 0 Å². The molecule has 6 heteroatoms. The Labute approximate surface area is 192 Å². The SMILES string of the molecule is COc1ccc(/C(O)=C2/C(=O)C(=O)N(c3ccccc3)C2c2cccc(O)c2)cc1C(C)C. The molecule has 0 saturated carbocycles. The van der Waals surface area contributed by atoms with Crippen molar-refractivity contribution in [3.8, 4) is 11.5 Å². The summed E-state index contributed by atoms with van der Waals surface area (Å²) < 4.78 is 5.43. The lowest BCUT2D eigenvalue weighted by atomic mass is 9.93. The number of Topliss-reactive ketones (excluding diaryl/α,β-unsaturated/α-hetero) is 1. The number of methoxy groups -OCH3 is 1. The Morgan fingerprint density at radius 1 is 0.970 bits per heavy atom. The van der Waals surface area contributed by atoms with Gasteiger partial charge in [0.05, 0.1) is 18.7 Å². The molecule has 1 heterocycles. The first-order valence-electron chi connectivity index (χ1n) is 10.7. The standard InChI is InChI=1S/C27H25NO5/c1-16(2)21-15-18(12-13-22(21)33-3)25(30)23-24(17-8-7-11-20(29)14-17)28(27(32)26(23)31)19-9-5-4-6-10-19/h4-16,24,29-30H,1-3H3/b25-23-. The number of aromatic hydroxyl groups is 1. The largest absolute Gasteiger partial charge is 0.508 e. The fourth-order valence-electron chi connectivity index (χ4n) is 4.19. The molecule has 1 amide bonds. The topological polar surface area (TPSA) is 87.1 Å². The molecule has 1 atom stereocenters. The predicted octanol–water partition coefficient (Wildman–Crippen LogP) is 5.15. The first kappa shape index (κ1) is 22.1. The van der Waals surface area contributed by atoms with Gasteiger partial charge in [-0.1, -0.05) is 44.2 Å². The van der Waals surface area contributed by atoms with Crippen LogP contribution in [0.25, 0.3) is 5.76 Å². The number of carbonyl (C=O) groups excluding carboxylic acids is 2. The molecule has 1 unspecified atom stereocenters. The number of rotatable bonds is 5. The molecule has 0 aromatic heterocycles. The molecule has 4 rings (SSSR count). The highest BCUT2D eigenvalue weighted by molar-refractivity contribution is 6.51. The van der Waals surface area contributed by atoms with Gasteiger partial charge in [0.25, 0.3) is 11.7 Å². The average Bonchev–Trinajstić information content (AvgIpc) is 3.09. The van der Waals surface area contributed by atoms with E-state index in [-0.39, 0.29) is 23.0 Å². The van der Waals surface area contributed by atoms with Crippen LogP contribution in [0.3, 0.4) is 0 Å². The smallest absolute Gasteiger partial charge is 0.300 e. The van der Waals surface area contributed by atoms with Crippen LogP contribution in [0.5, 0.6) is 11.5 Å². The zero-order chi connectivity index (χ0) is 23.7. The van der Waals surface area contributed by atoms with Crippen LogP contribution < -0.4 is 9.64 Å². The van der Waals surface area contributed by atoms with E-state index in [1.165, 1.54) is 17.0 Å². The number of ether oxygens (including phenoxy) is 1. The fourth-order valence-corrected chi connectivity index (χ4v) is 4.19. The summed E-state index contributed by atoms with van der Waals surface area (Å²) in [5, 5.41) is 21.4. The third-order valence-electron chi connectivity index (χ3n) is 5.79. The van der Waals surface area contributed by atoms with Gasteiger partial charge in [-0.15, -0.1) is 0 Å². The van der Waals surface area contributed by atoms with Gasteiger partial charge < -0.3 is 14.9 Å². The third-order valence-corrected chi connectivity index (χ3v) is 5.79. The second kappa shape index (κ2) is 8.82. The minimum Gasteiger partial charge on any atom is -0.508 e. The molecule has 2 N–H and O–H groups in total. The number of aliphatic hydroxyl groups is 1. The Balaban J connectivity index is 1.95. The first-order chi connectivity index (χ1) is 15.8. The van der Waals surface area contributed by atoms with Crippen LogP contribution in [0.4, 0.5) is 5.69 Å². The molecular weight excluding hydrogens is 418 g/mol. The number of benzene rings is 3. The van der Waals surface area contributed by atoms with Crippen LogP contribution in [-0.2, 0) is 9.59 Å². The number of hydrogen-bond acceptors (Lipinski definition) is 5. The molecular formula is C27H25NO5. The van der Waals surface area contributed by atoms with Crippen molar-refractivity contribution >= 4 is 23.1 Å². The number of phenols is 1. The maximum atomic E-state index is 13.2. The summed E-state index contributed by atoms with van der Waals surface area (Å²) in [5.41, 5.74) is 2.28. The molecule has 3 aromatic rings. The van der Waals surface area contributed by atoms with Crippen LogP contribution in [0.15, 0.2) is 78.4 Å². The lowest BCUT2D eigenvalue weighted by Crippen LogP contribution is -2.29. The molecule has 0 radical (unpaired) electrons. The van der Waals surface area contributed by atoms with E-state index >= 15 is 0 Å². The van der Waals surface area contributed by atoms with Crippen molar-refractivity contribution in [2.75, 3.05) is 12.0 Å². The highest BCUT2D eigenvalue weighted by Crippen LogP contribution is 2.43. The molecule has 1 saturated heterocycles. The maximum Gasteiger partial charge on any atom is 0.300 e. The number of anilines is 1. The molecule has 1 fully saturated rings. The Morgan fingerprint density at radius 2 is 1.70 bits per heavy atom. The van der Waals surface area contributed by atoms with Gasteiger partial charge in [0.1, 0.15) is 17.3 Å². The maximum absolute atomic E-state index is 13.2. The zero-order valence-electron chi connectivity index (χ0n) is 18.6. The van der Waals surface area contributed by atoms with Crippen LogP contribution in [-0.4, -0.2) is 29.0 Å². The van der Waals surface area contributed by atoms with E-state index in [1.54, 1.807) is 61.7 Å². The van der Waals surface area contributed by atoms with E-state index in [0.29, 0.717) is 22.6 Å². The molecule has 0 aliphatic carbocycles. The molecule has 6 nitrogen and oxygen atoms in total. The third kappa shape index (κ3) is 3.96. The van der Waals surface area contributed by atoms with Crippen molar-refractivity contribution in [1.29, 1.82) is 0 Å². The number of hydrogen-bond donors (Lipinski definition) is 2. The molecule has 1 aliphatic heterocycles. The van der Waals surface area contributed by atoms with Crippen molar-refractivity contribution in [1.82, 2.24) is 0 Å². The molecule has 168 valence electrons. The normalized spacial score (nSPS) is 17.6. The summed E-state index contributed by atoms with van der Waals surface area (Å²) >= 11 is 0. The summed E-state index contributed by atoms with van der Waals surface area (Å²) in [4.78, 5) is 27.7. The summed E-state index contributed by atoms with van der Waals surface area (Å²) in [5.74, 6) is -1.01. The van der Waals surface area contributed by atoms with Crippen molar-refractivity contribution in [3.05, 3.63) is 95.1 Å². The van der Waals surface area contributed by atoms with Gasteiger partial charge in [-0.3, -0.25) is 14.5 Å². The van der Waals surface area contributed by atoms with Gasteiger partial charge in [-0.25, -0.2) is 0 Å². The summed E-state index contributed by atoms with van der Waals surface area (Å²) in [7, 11) is 1.58. The monoisotopic (exact) mass is 443 g/mol. The van der Waals surface area contributed by atoms with Gasteiger partial charge >= 0.3 is 0 Å². The van der Waals surface area contributed by atoms with E-state index in [9.17, 15) is 19.8 Å². The van der Waals surface area contributed by atoms with Crippen LogP contribution in [0, 0.1) is 0 Å². The highest BCUT2D eigenvalue weighted by Gasteiger charge is 2.47. The molecule has 33 heavy (non-hydrogen) atoms. The van der Waals surface area contributed by atoms with Gasteiger partial charge in [-0.05, 0) is 59.5 Å². The van der Waals surface area contributed by atoms with Crippen molar-refractivity contribution in [2.45, 2.75) is 25.8 Å². The van der Waals surface area contributed by atoms with E-state index < -0.39 is 17.7 Å². The second-order valence-corrected chi connectivity index (χ2v) is 8.21. The van der Waals surface area contributed by atoms with Gasteiger partial charge in [0, 0.05) is 11.3 Å². The number of nitrogens with zero attached hydrogens (tertiary/aromatic N) is 1. The molecule has 3 aromatic carbocycles. The number of amides is 1. The van der Waals surface area contributed by atoms with Gasteiger partial charge in [0.15, 0.2) is 0 Å². The van der Waals surface area contributed by atoms with Crippen molar-refractivity contribution < 1.29 is 24.5 Å². The lowest BCUT2D eigenvalue weighted by molar-refractivity contribution is -0.132. The molecule has 0 spiro atoms. The summed E-state index contributed by atoms with van der Waals surface area (Å²) in [6, 6.07) is 19.4. The number of aliphatic hydroxyl groups excluding tert-OH is 1. The van der Waals surface area contributed by atoms with Crippen LogP contribution in [0.2, 0.25) is 0 Å². The highest BCUT2D eigenvalue weighted by atomic mass is 16.5. The summed E-state index contributed by atoms with van der Waals surface area (Å²) in [6.45, 7) is 4.01. The predicted molar refractivity (Wildman–Crippen MR) is 126 cm³/mol. The number of ketones is 1. The Bertz CT molecular complexity index is 1250. The number of phenolic OH excluding ortho intramolecular Hbond substituents is 1. The van der Waals surface area contributed by atoms with E-state index in [0.717, 1.165) is 5.56 Å². The zero-order valence-corrected chi connectivity index (χ0v) is 18.6. The van der Waals surface area contributed by atoms with E-state index in [4.69, 9.17) is 4.74 Å². The van der Waals surface area contributed by atoms with Gasteiger partial charge in [-0.2, -0.15) is 0 Å². The van der Waals surface area contributed by atoms with Crippen LogP contribution in [0.1, 0.15) is 42.5 Å². The van der Waals surface area contributed by atoms with Crippen LogP contribution >= 0.6 is 0 Å². The number of carbonyl (C=O) groups is 2. The van der Waals surface area contributed by atoms with E-state index in [1.807, 2.05) is 19.9 Å². The molecule has 1 aliphatic rings. The quantitative estimate of drug-likeness (QED) is 0.324. The minimum absolute atomic E-state index is 0.00214. The fraction of sp³-hybridized carbons (Fsp3) is 0.185. The second-order valence-electron chi connectivity index (χ2n) is 8.21. The Hall–Kier alpha value is -4.06. The Morgan fingerprint density at radius 3 is 2.33 bits per heavy atom. The van der Waals surface area contributed by atoms with Gasteiger partial charge in [0.2, 0.25) is 0 Å². The summed E-state index contributed by atoms with van der Waals surface area (Å²) in [6.07, 6.45) is 0. The Kier molecular flexibility index (Phi) is 5.92. The van der Waals surface area contributed by atoms with Crippen molar-refractivity contribution in [2.24, 2.45) is 0 Å². The average molecular weight is 443 g/mol. The minimum atomic E-state index is -0.899. The van der Waals surface area contributed by atoms with E-state index in [2.05, 4.69) is 0 Å². The number of para-hydroxylation sites is 1. The first-order valence-corrected chi connectivity index (χ1v) is 10.7. The molecule has 0 bridgehead atoms. The lowest BCUT2D eigenvalue weighted by Gasteiger charge is -2.25.